The highest BCUT2D eigenvalue weighted by atomic mass is 35.5. The van der Waals surface area contributed by atoms with Crippen LogP contribution in [-0.2, 0) is 11.2 Å². The van der Waals surface area contributed by atoms with Crippen molar-refractivity contribution in [3.05, 3.63) is 94.5 Å². The molecule has 0 saturated heterocycles. The number of aryl methyl sites for hydroxylation is 1. The summed E-state index contributed by atoms with van der Waals surface area (Å²) in [6.07, 6.45) is 6.52. The molecule has 5 N–H and O–H groups in total. The van der Waals surface area contributed by atoms with Crippen molar-refractivity contribution < 1.29 is 9.59 Å². The Bertz CT molecular complexity index is 1280. The lowest BCUT2D eigenvalue weighted by molar-refractivity contribution is -0.117. The minimum absolute atomic E-state index is 0.238. The first kappa shape index (κ1) is 30.6. The maximum Gasteiger partial charge on any atom is 0.257 e. The number of hydrazone groups is 1. The van der Waals surface area contributed by atoms with Crippen molar-refractivity contribution in [2.75, 3.05) is 23.6 Å². The Kier molecular flexibility index (Phi) is 12.6. The molecule has 9 heteroatoms. The number of benzene rings is 3. The zero-order valence-electron chi connectivity index (χ0n) is 21.9. The third-order valence-electron chi connectivity index (χ3n) is 5.55. The normalized spacial score (nSPS) is 11.3. The van der Waals surface area contributed by atoms with Gasteiger partial charge in [0.1, 0.15) is 0 Å². The van der Waals surface area contributed by atoms with Gasteiger partial charge in [-0.3, -0.25) is 9.59 Å². The molecule has 0 saturated carbocycles. The zero-order chi connectivity index (χ0) is 28.1. The van der Waals surface area contributed by atoms with Gasteiger partial charge in [-0.1, -0.05) is 42.8 Å². The molecule has 0 aliphatic heterocycles. The Morgan fingerprint density at radius 3 is 2.34 bits per heavy atom. The van der Waals surface area contributed by atoms with Crippen LogP contribution >= 0.6 is 23.4 Å². The number of halogens is 1. The largest absolute Gasteiger partial charge is 0.370 e. The average Bonchev–Trinajstić information content (AvgIpc) is 2.95. The summed E-state index contributed by atoms with van der Waals surface area (Å²) in [5.74, 6) is -0.483. The number of nitrogens with zero attached hydrogens (tertiary/aromatic N) is 2. The zero-order valence-corrected chi connectivity index (χ0v) is 23.5. The number of hydrogen-bond acceptors (Lipinski definition) is 6. The van der Waals surface area contributed by atoms with E-state index in [1.54, 1.807) is 43.0 Å². The first-order chi connectivity index (χ1) is 18.4. The smallest absolute Gasteiger partial charge is 0.257 e. The molecule has 1 aliphatic carbocycles. The van der Waals surface area contributed by atoms with E-state index < -0.39 is 0 Å². The summed E-state index contributed by atoms with van der Waals surface area (Å²) < 4.78 is 0. The molecule has 0 aromatic heterocycles. The number of fused-ring (bicyclic) bond motifs is 1. The molecule has 0 atom stereocenters. The van der Waals surface area contributed by atoms with Crippen LogP contribution in [0.5, 0.6) is 0 Å². The number of nitrogens with two attached hydrogens (primary N) is 2. The van der Waals surface area contributed by atoms with Crippen molar-refractivity contribution in [2.24, 2.45) is 16.6 Å². The standard InChI is InChI=1S/C25H22ClN3OS.C3H7NO.CH5N/c1-27-29(19-12-14-20(31-2)15-13-19)24-9-5-6-17-10-11-18(16-22(17)24)28-25(30)21-7-3-4-8-23(21)26;1-2-3(4)5;1-2/h3-4,7-16H,1,5-6H2,2H3,(H,28,30);2H2,1H3,(H2,4,5);2H2,1H3. The molecule has 3 aromatic rings. The molecule has 200 valence electrons. The Hall–Kier alpha value is -3.59. The second-order valence-electron chi connectivity index (χ2n) is 7.91. The molecule has 3 aromatic carbocycles. The number of carbonyl (C=O) groups excluding carboxylic acids is 2. The minimum Gasteiger partial charge on any atom is -0.370 e. The van der Waals surface area contributed by atoms with Crippen LogP contribution < -0.4 is 21.8 Å². The summed E-state index contributed by atoms with van der Waals surface area (Å²) in [4.78, 5) is 23.5. The molecule has 4 rings (SSSR count). The summed E-state index contributed by atoms with van der Waals surface area (Å²) in [5.41, 5.74) is 14.4. The molecular formula is C29H34ClN5O2S. The number of thioether (sulfide) groups is 1. The van der Waals surface area contributed by atoms with Gasteiger partial charge in [-0.2, -0.15) is 5.10 Å². The van der Waals surface area contributed by atoms with E-state index in [0.717, 1.165) is 29.8 Å². The summed E-state index contributed by atoms with van der Waals surface area (Å²) in [5, 5.41) is 9.53. The monoisotopic (exact) mass is 551 g/mol. The molecule has 7 nitrogen and oxygen atoms in total. The molecule has 0 heterocycles. The van der Waals surface area contributed by atoms with Gasteiger partial charge in [0.2, 0.25) is 5.91 Å². The fourth-order valence-corrected chi connectivity index (χ4v) is 4.28. The van der Waals surface area contributed by atoms with Crippen LogP contribution in [0.3, 0.4) is 0 Å². The fraction of sp³-hybridized carbons (Fsp3) is 0.207. The maximum absolute atomic E-state index is 12.7. The third kappa shape index (κ3) is 8.21. The summed E-state index contributed by atoms with van der Waals surface area (Å²) in [7, 11) is 1.50. The van der Waals surface area contributed by atoms with Crippen molar-refractivity contribution in [1.29, 1.82) is 0 Å². The SMILES string of the molecule is C=NN(C1=CCCc2ccc(NC(=O)c3ccccc3Cl)cc21)c1ccc(SC)cc1.CCC(N)=O.CN. The second kappa shape index (κ2) is 15.6. The van der Waals surface area contributed by atoms with Crippen LogP contribution in [0.4, 0.5) is 11.4 Å². The van der Waals surface area contributed by atoms with Crippen LogP contribution in [0.15, 0.2) is 82.8 Å². The van der Waals surface area contributed by atoms with Crippen molar-refractivity contribution in [2.45, 2.75) is 31.1 Å². The van der Waals surface area contributed by atoms with Crippen LogP contribution in [0.2, 0.25) is 5.02 Å². The van der Waals surface area contributed by atoms with Crippen molar-refractivity contribution in [1.82, 2.24) is 0 Å². The fourth-order valence-electron chi connectivity index (χ4n) is 3.65. The van der Waals surface area contributed by atoms with Gasteiger partial charge in [0.15, 0.2) is 0 Å². The van der Waals surface area contributed by atoms with Crippen LogP contribution in [0.25, 0.3) is 5.70 Å². The number of rotatable bonds is 7. The number of hydrogen-bond donors (Lipinski definition) is 3. The first-order valence-electron chi connectivity index (χ1n) is 12.0. The molecule has 0 radical (unpaired) electrons. The predicted octanol–water partition coefficient (Wildman–Crippen LogP) is 6.18. The average molecular weight is 552 g/mol. The quantitative estimate of drug-likeness (QED) is 0.184. The van der Waals surface area contributed by atoms with Crippen molar-refractivity contribution in [3.63, 3.8) is 0 Å². The highest BCUT2D eigenvalue weighted by Gasteiger charge is 2.20. The van der Waals surface area contributed by atoms with Crippen molar-refractivity contribution >= 4 is 59.0 Å². The van der Waals surface area contributed by atoms with Gasteiger partial charge in [0.25, 0.3) is 5.91 Å². The van der Waals surface area contributed by atoms with Gasteiger partial charge < -0.3 is 16.8 Å². The molecular weight excluding hydrogens is 518 g/mol. The van der Waals surface area contributed by atoms with Gasteiger partial charge in [-0.25, -0.2) is 5.01 Å². The lowest BCUT2D eigenvalue weighted by Gasteiger charge is -2.27. The van der Waals surface area contributed by atoms with E-state index in [1.165, 1.54) is 17.5 Å². The molecule has 0 unspecified atom stereocenters. The molecule has 38 heavy (non-hydrogen) atoms. The summed E-state index contributed by atoms with van der Waals surface area (Å²) >= 11 is 7.87. The topological polar surface area (TPSA) is 114 Å². The maximum atomic E-state index is 12.7. The first-order valence-corrected chi connectivity index (χ1v) is 13.6. The second-order valence-corrected chi connectivity index (χ2v) is 9.19. The number of amides is 2. The third-order valence-corrected chi connectivity index (χ3v) is 6.62. The summed E-state index contributed by atoms with van der Waals surface area (Å²) in [6.45, 7) is 5.52. The molecule has 0 fully saturated rings. The number of anilines is 2. The molecule has 1 aliphatic rings. The van der Waals surface area contributed by atoms with E-state index in [9.17, 15) is 9.59 Å². The highest BCUT2D eigenvalue weighted by molar-refractivity contribution is 7.98. The number of primary amides is 1. The van der Waals surface area contributed by atoms with E-state index >= 15 is 0 Å². The van der Waals surface area contributed by atoms with Gasteiger partial charge in [-0.15, -0.1) is 11.8 Å². The van der Waals surface area contributed by atoms with Gasteiger partial charge >= 0.3 is 0 Å². The van der Waals surface area contributed by atoms with E-state index in [1.807, 2.05) is 29.3 Å². The minimum atomic E-state index is -0.245. The molecule has 2 amide bonds. The Labute approximate surface area is 233 Å². The van der Waals surface area contributed by atoms with Crippen molar-refractivity contribution in [3.8, 4) is 0 Å². The Morgan fingerprint density at radius 2 is 1.76 bits per heavy atom. The number of nitrogens with one attached hydrogen (secondary N) is 1. The van der Waals surface area contributed by atoms with Gasteiger partial charge in [0.05, 0.1) is 22.0 Å². The Morgan fingerprint density at radius 1 is 1.11 bits per heavy atom. The lowest BCUT2D eigenvalue weighted by Crippen LogP contribution is -2.18. The number of allylic oxidation sites excluding steroid dienone is 1. The van der Waals surface area contributed by atoms with Crippen LogP contribution in [-0.4, -0.2) is 31.8 Å². The molecule has 0 spiro atoms. The van der Waals surface area contributed by atoms with Gasteiger partial charge in [0, 0.05) is 29.3 Å². The lowest BCUT2D eigenvalue weighted by atomic mass is 9.93. The van der Waals surface area contributed by atoms with Crippen LogP contribution in [0, 0.1) is 0 Å². The van der Waals surface area contributed by atoms with E-state index in [4.69, 9.17) is 11.6 Å². The predicted molar refractivity (Wildman–Crippen MR) is 162 cm³/mol. The molecule has 0 bridgehead atoms. The van der Waals surface area contributed by atoms with Crippen LogP contribution in [0.1, 0.15) is 41.3 Å². The highest BCUT2D eigenvalue weighted by Crippen LogP contribution is 2.35. The van der Waals surface area contributed by atoms with E-state index in [-0.39, 0.29) is 11.8 Å². The summed E-state index contributed by atoms with van der Waals surface area (Å²) in [6, 6.07) is 21.2. The number of carbonyl (C=O) groups is 2. The van der Waals surface area contributed by atoms with E-state index in [2.05, 4.69) is 59.1 Å². The van der Waals surface area contributed by atoms with Gasteiger partial charge in [-0.05, 0) is 80.2 Å². The van der Waals surface area contributed by atoms with E-state index in [0.29, 0.717) is 22.7 Å². The Balaban J connectivity index is 0.000000651.